The minimum atomic E-state index is -0.922. The fourth-order valence-corrected chi connectivity index (χ4v) is 3.70. The van der Waals surface area contributed by atoms with Crippen LogP contribution in [-0.4, -0.2) is 52.7 Å². The minimum Gasteiger partial charge on any atom is -0.481 e. The number of carboxylic acid groups (broad SMARTS) is 1. The number of morpholine rings is 1. The summed E-state index contributed by atoms with van der Waals surface area (Å²) in [6, 6.07) is 9.73. The third-order valence-corrected chi connectivity index (χ3v) is 5.03. The molecule has 1 aromatic carbocycles. The van der Waals surface area contributed by atoms with Gasteiger partial charge in [-0.05, 0) is 6.92 Å². The van der Waals surface area contributed by atoms with Crippen LogP contribution in [0.1, 0.15) is 21.8 Å². The van der Waals surface area contributed by atoms with Crippen LogP contribution < -0.4 is 0 Å². The zero-order valence-corrected chi connectivity index (χ0v) is 14.1. The molecule has 0 saturated carbocycles. The first-order chi connectivity index (χ1) is 11.5. The van der Waals surface area contributed by atoms with E-state index >= 15 is 0 Å². The number of rotatable bonds is 4. The smallest absolute Gasteiger partial charge is 0.306 e. The third-order valence-electron chi connectivity index (χ3n) is 3.84. The van der Waals surface area contributed by atoms with Crippen LogP contribution in [0, 0.1) is 6.92 Å². The molecule has 1 fully saturated rings. The van der Waals surface area contributed by atoms with Gasteiger partial charge in [0.1, 0.15) is 9.88 Å². The molecule has 0 aliphatic carbocycles. The summed E-state index contributed by atoms with van der Waals surface area (Å²) in [6.07, 6.45) is -0.553. The summed E-state index contributed by atoms with van der Waals surface area (Å²) >= 11 is 1.37. The number of nitrogens with zero attached hydrogens (tertiary/aromatic N) is 2. The van der Waals surface area contributed by atoms with E-state index in [0.29, 0.717) is 30.3 Å². The van der Waals surface area contributed by atoms with Crippen LogP contribution in [-0.2, 0) is 9.53 Å². The van der Waals surface area contributed by atoms with Gasteiger partial charge in [-0.2, -0.15) is 0 Å². The fraction of sp³-hybridized carbons (Fsp3) is 0.353. The topological polar surface area (TPSA) is 79.7 Å². The molecule has 24 heavy (non-hydrogen) atoms. The van der Waals surface area contributed by atoms with Crippen LogP contribution in [0.5, 0.6) is 0 Å². The molecule has 126 valence electrons. The monoisotopic (exact) mass is 346 g/mol. The zero-order chi connectivity index (χ0) is 17.1. The number of hydrogen-bond acceptors (Lipinski definition) is 5. The predicted molar refractivity (Wildman–Crippen MR) is 90.2 cm³/mol. The number of aryl methyl sites for hydroxylation is 1. The number of aromatic nitrogens is 1. The second-order valence-corrected chi connectivity index (χ2v) is 6.64. The van der Waals surface area contributed by atoms with Crippen LogP contribution in [0.15, 0.2) is 30.3 Å². The summed E-state index contributed by atoms with van der Waals surface area (Å²) in [5, 5.41) is 9.70. The van der Waals surface area contributed by atoms with E-state index in [1.54, 1.807) is 4.90 Å². The van der Waals surface area contributed by atoms with Crippen molar-refractivity contribution in [2.24, 2.45) is 0 Å². The lowest BCUT2D eigenvalue weighted by Gasteiger charge is -2.32. The first-order valence-corrected chi connectivity index (χ1v) is 8.51. The molecule has 0 spiro atoms. The normalized spacial score (nSPS) is 17.7. The molecule has 1 saturated heterocycles. The molecule has 1 aliphatic rings. The number of carboxylic acids is 1. The number of aliphatic carboxylic acids is 1. The lowest BCUT2D eigenvalue weighted by Crippen LogP contribution is -2.46. The van der Waals surface area contributed by atoms with Crippen LogP contribution in [0.25, 0.3) is 10.6 Å². The zero-order valence-electron chi connectivity index (χ0n) is 13.3. The molecule has 0 bridgehead atoms. The van der Waals surface area contributed by atoms with E-state index in [0.717, 1.165) is 10.6 Å². The van der Waals surface area contributed by atoms with Crippen LogP contribution in [0.4, 0.5) is 0 Å². The maximum atomic E-state index is 12.8. The maximum Gasteiger partial charge on any atom is 0.306 e. The van der Waals surface area contributed by atoms with Crippen molar-refractivity contribution < 1.29 is 19.4 Å². The van der Waals surface area contributed by atoms with Crippen molar-refractivity contribution in [3.05, 3.63) is 40.9 Å². The van der Waals surface area contributed by atoms with Crippen LogP contribution in [0.3, 0.4) is 0 Å². The Hall–Kier alpha value is -2.25. The first kappa shape index (κ1) is 16.6. The van der Waals surface area contributed by atoms with Gasteiger partial charge in [-0.3, -0.25) is 9.59 Å². The molecular formula is C17H18N2O4S. The number of amides is 1. The van der Waals surface area contributed by atoms with Gasteiger partial charge in [0, 0.05) is 18.7 Å². The summed E-state index contributed by atoms with van der Waals surface area (Å²) < 4.78 is 5.42. The average molecular weight is 346 g/mol. The number of thiazole rings is 1. The molecule has 2 heterocycles. The fourth-order valence-electron chi connectivity index (χ4n) is 2.66. The Balaban J connectivity index is 1.77. The van der Waals surface area contributed by atoms with Gasteiger partial charge in [0.15, 0.2) is 0 Å². The van der Waals surface area contributed by atoms with Gasteiger partial charge in [0.25, 0.3) is 5.91 Å². The van der Waals surface area contributed by atoms with Crippen LogP contribution in [0.2, 0.25) is 0 Å². The Morgan fingerprint density at radius 2 is 2.12 bits per heavy atom. The summed E-state index contributed by atoms with van der Waals surface area (Å²) in [4.78, 5) is 30.4. The number of benzene rings is 1. The van der Waals surface area contributed by atoms with E-state index in [1.165, 1.54) is 11.3 Å². The molecule has 1 aliphatic heterocycles. The van der Waals surface area contributed by atoms with Gasteiger partial charge in [-0.25, -0.2) is 4.98 Å². The average Bonchev–Trinajstić information content (AvgIpc) is 2.96. The van der Waals surface area contributed by atoms with Crippen molar-refractivity contribution in [1.82, 2.24) is 9.88 Å². The van der Waals surface area contributed by atoms with E-state index in [-0.39, 0.29) is 12.3 Å². The van der Waals surface area contributed by atoms with Gasteiger partial charge >= 0.3 is 5.97 Å². The molecule has 1 atom stereocenters. The third kappa shape index (κ3) is 3.63. The second kappa shape index (κ2) is 7.11. The summed E-state index contributed by atoms with van der Waals surface area (Å²) in [7, 11) is 0. The Labute approximate surface area is 143 Å². The number of hydrogen-bond donors (Lipinski definition) is 1. The molecule has 1 N–H and O–H groups in total. The lowest BCUT2D eigenvalue weighted by atomic mass is 10.2. The van der Waals surface area contributed by atoms with Crippen LogP contribution >= 0.6 is 11.3 Å². The standard InChI is InChI=1S/C17H18N2O4S/c1-11-15(24-16(18-11)12-5-3-2-4-6-12)17(22)19-7-8-23-13(10-19)9-14(20)21/h2-6,13H,7-10H2,1H3,(H,20,21)/t13-/m1/s1. The molecule has 2 aromatic rings. The van der Waals surface area contributed by atoms with Crippen molar-refractivity contribution in [2.75, 3.05) is 19.7 Å². The Bertz CT molecular complexity index is 744. The number of ether oxygens (including phenoxy) is 1. The summed E-state index contributed by atoms with van der Waals surface area (Å²) in [5.74, 6) is -1.03. The second-order valence-electron chi connectivity index (χ2n) is 5.64. The summed E-state index contributed by atoms with van der Waals surface area (Å²) in [6.45, 7) is 2.94. The lowest BCUT2D eigenvalue weighted by molar-refractivity contribution is -0.141. The maximum absolute atomic E-state index is 12.8. The quantitative estimate of drug-likeness (QED) is 0.920. The van der Waals surface area contributed by atoms with Crippen molar-refractivity contribution in [3.63, 3.8) is 0 Å². The minimum absolute atomic E-state index is 0.0965. The highest BCUT2D eigenvalue weighted by molar-refractivity contribution is 7.17. The van der Waals surface area contributed by atoms with E-state index in [9.17, 15) is 9.59 Å². The van der Waals surface area contributed by atoms with E-state index < -0.39 is 12.1 Å². The van der Waals surface area contributed by atoms with Crippen molar-refractivity contribution in [3.8, 4) is 10.6 Å². The molecule has 3 rings (SSSR count). The Morgan fingerprint density at radius 1 is 1.38 bits per heavy atom. The highest BCUT2D eigenvalue weighted by Gasteiger charge is 2.28. The highest BCUT2D eigenvalue weighted by Crippen LogP contribution is 2.29. The summed E-state index contributed by atoms with van der Waals surface area (Å²) in [5.41, 5.74) is 1.68. The molecule has 6 nitrogen and oxygen atoms in total. The van der Waals surface area contributed by atoms with E-state index in [4.69, 9.17) is 9.84 Å². The molecule has 1 aromatic heterocycles. The largest absolute Gasteiger partial charge is 0.481 e. The molecule has 1 amide bonds. The predicted octanol–water partition coefficient (Wildman–Crippen LogP) is 2.43. The molecule has 7 heteroatoms. The van der Waals surface area contributed by atoms with Crippen molar-refractivity contribution >= 4 is 23.2 Å². The van der Waals surface area contributed by atoms with E-state index in [2.05, 4.69) is 4.98 Å². The van der Waals surface area contributed by atoms with Crippen molar-refractivity contribution in [1.29, 1.82) is 0 Å². The van der Waals surface area contributed by atoms with Gasteiger partial charge in [0.2, 0.25) is 0 Å². The number of carbonyl (C=O) groups excluding carboxylic acids is 1. The Morgan fingerprint density at radius 3 is 2.83 bits per heavy atom. The number of carbonyl (C=O) groups is 2. The van der Waals surface area contributed by atoms with Crippen molar-refractivity contribution in [2.45, 2.75) is 19.4 Å². The van der Waals surface area contributed by atoms with Gasteiger partial charge in [-0.15, -0.1) is 11.3 Å². The van der Waals surface area contributed by atoms with Gasteiger partial charge in [-0.1, -0.05) is 30.3 Å². The van der Waals surface area contributed by atoms with Gasteiger partial charge in [0.05, 0.1) is 24.8 Å². The molecule has 0 unspecified atom stereocenters. The molecular weight excluding hydrogens is 328 g/mol. The molecule has 0 radical (unpaired) electrons. The SMILES string of the molecule is Cc1nc(-c2ccccc2)sc1C(=O)N1CCO[C@H](CC(=O)O)C1. The first-order valence-electron chi connectivity index (χ1n) is 7.70. The van der Waals surface area contributed by atoms with Gasteiger partial charge < -0.3 is 14.7 Å². The Kier molecular flexibility index (Phi) is 4.92. The highest BCUT2D eigenvalue weighted by atomic mass is 32.1. The van der Waals surface area contributed by atoms with E-state index in [1.807, 2.05) is 37.3 Å².